The Labute approximate surface area is 154 Å². The van der Waals surface area contributed by atoms with Gasteiger partial charge in [0.25, 0.3) is 15.9 Å². The molecule has 0 aliphatic rings. The van der Waals surface area contributed by atoms with Crippen LogP contribution in [0.25, 0.3) is 0 Å². The van der Waals surface area contributed by atoms with Crippen LogP contribution in [0.3, 0.4) is 0 Å². The number of aryl methyl sites for hydroxylation is 1. The van der Waals surface area contributed by atoms with Crippen molar-refractivity contribution in [2.24, 2.45) is 4.40 Å². The zero-order valence-electron chi connectivity index (χ0n) is 14.2. The number of hydrogen-bond donors (Lipinski definition) is 1. The zero-order valence-corrected chi connectivity index (χ0v) is 15.8. The number of sulfonamides is 1. The molecular weight excluding hydrogens is 374 g/mol. The summed E-state index contributed by atoms with van der Waals surface area (Å²) in [5.41, 5.74) is 0.972. The van der Waals surface area contributed by atoms with Crippen LogP contribution in [0.2, 0.25) is 0 Å². The summed E-state index contributed by atoms with van der Waals surface area (Å²) in [6, 6.07) is 9.78. The van der Waals surface area contributed by atoms with Crippen LogP contribution in [-0.4, -0.2) is 25.9 Å². The molecule has 0 aliphatic carbocycles. The molecule has 1 amide bonds. The molecular formula is C17H17N3O4S2. The molecule has 2 aromatic heterocycles. The SMILES string of the molecule is CNC(=O)c1ccc(Cn2ccsc2=NS(=O)(=O)c2ccc(C)cc2)o1. The van der Waals surface area contributed by atoms with Crippen LogP contribution < -0.4 is 10.1 Å². The third-order valence-corrected chi connectivity index (χ3v) is 5.81. The van der Waals surface area contributed by atoms with Crippen LogP contribution in [0.1, 0.15) is 21.9 Å². The lowest BCUT2D eigenvalue weighted by Gasteiger charge is -2.02. The van der Waals surface area contributed by atoms with Crippen LogP contribution in [0, 0.1) is 6.92 Å². The average molecular weight is 391 g/mol. The van der Waals surface area contributed by atoms with Gasteiger partial charge in [-0.15, -0.1) is 15.7 Å². The summed E-state index contributed by atoms with van der Waals surface area (Å²) in [6.07, 6.45) is 1.72. The Balaban J connectivity index is 1.90. The maximum absolute atomic E-state index is 12.5. The minimum atomic E-state index is -3.81. The Bertz CT molecular complexity index is 1090. The Morgan fingerprint density at radius 1 is 1.23 bits per heavy atom. The van der Waals surface area contributed by atoms with E-state index in [0.29, 0.717) is 10.6 Å². The van der Waals surface area contributed by atoms with E-state index in [9.17, 15) is 13.2 Å². The molecule has 2 heterocycles. The Hall–Kier alpha value is -2.65. The normalized spacial score (nSPS) is 12.3. The Kier molecular flexibility index (Phi) is 5.10. The molecule has 3 rings (SSSR count). The van der Waals surface area contributed by atoms with Gasteiger partial charge in [0.05, 0.1) is 11.4 Å². The highest BCUT2D eigenvalue weighted by atomic mass is 32.2. The maximum atomic E-state index is 12.5. The number of benzene rings is 1. The summed E-state index contributed by atoms with van der Waals surface area (Å²) in [6.45, 7) is 2.15. The van der Waals surface area contributed by atoms with Crippen LogP contribution in [0.5, 0.6) is 0 Å². The minimum Gasteiger partial charge on any atom is -0.454 e. The van der Waals surface area contributed by atoms with Gasteiger partial charge in [-0.25, -0.2) is 0 Å². The minimum absolute atomic E-state index is 0.142. The van der Waals surface area contributed by atoms with Gasteiger partial charge in [0.2, 0.25) is 4.80 Å². The fourth-order valence-corrected chi connectivity index (χ4v) is 4.18. The van der Waals surface area contributed by atoms with Crippen molar-refractivity contribution in [3.8, 4) is 0 Å². The van der Waals surface area contributed by atoms with Crippen LogP contribution in [0.4, 0.5) is 0 Å². The van der Waals surface area contributed by atoms with Crippen molar-refractivity contribution in [3.05, 3.63) is 69.9 Å². The molecule has 26 heavy (non-hydrogen) atoms. The van der Waals surface area contributed by atoms with Crippen LogP contribution >= 0.6 is 11.3 Å². The highest BCUT2D eigenvalue weighted by Gasteiger charge is 2.14. The lowest BCUT2D eigenvalue weighted by atomic mass is 10.2. The van der Waals surface area contributed by atoms with Crippen molar-refractivity contribution in [1.82, 2.24) is 9.88 Å². The molecule has 1 N–H and O–H groups in total. The average Bonchev–Trinajstić information content (AvgIpc) is 3.25. The van der Waals surface area contributed by atoms with Gasteiger partial charge in [-0.3, -0.25) is 4.79 Å². The van der Waals surface area contributed by atoms with Crippen molar-refractivity contribution < 1.29 is 17.6 Å². The van der Waals surface area contributed by atoms with E-state index in [1.807, 2.05) is 6.92 Å². The Morgan fingerprint density at radius 2 is 1.96 bits per heavy atom. The van der Waals surface area contributed by atoms with Crippen molar-refractivity contribution in [2.45, 2.75) is 18.4 Å². The smallest absolute Gasteiger partial charge is 0.286 e. The highest BCUT2D eigenvalue weighted by molar-refractivity contribution is 7.90. The number of amides is 1. The molecule has 0 atom stereocenters. The molecule has 0 saturated carbocycles. The number of carbonyl (C=O) groups is 1. The second-order valence-electron chi connectivity index (χ2n) is 5.54. The topological polar surface area (TPSA) is 93.7 Å². The fraction of sp³-hybridized carbons (Fsp3) is 0.176. The van der Waals surface area contributed by atoms with Gasteiger partial charge in [-0.05, 0) is 31.2 Å². The molecule has 3 aromatic rings. The summed E-state index contributed by atoms with van der Waals surface area (Å²) in [4.78, 5) is 12.0. The molecule has 136 valence electrons. The maximum Gasteiger partial charge on any atom is 0.286 e. The van der Waals surface area contributed by atoms with Crippen molar-refractivity contribution in [2.75, 3.05) is 7.05 Å². The molecule has 0 radical (unpaired) electrons. The van der Waals surface area contributed by atoms with Crippen molar-refractivity contribution >= 4 is 27.3 Å². The number of furan rings is 1. The summed E-state index contributed by atoms with van der Waals surface area (Å²) in [5.74, 6) is 0.402. The summed E-state index contributed by atoms with van der Waals surface area (Å²) in [5, 5.41) is 4.22. The monoisotopic (exact) mass is 391 g/mol. The van der Waals surface area contributed by atoms with Gasteiger partial charge in [0.1, 0.15) is 5.76 Å². The van der Waals surface area contributed by atoms with E-state index >= 15 is 0 Å². The zero-order chi connectivity index (χ0) is 18.7. The fourth-order valence-electron chi connectivity index (χ4n) is 2.23. The van der Waals surface area contributed by atoms with E-state index in [2.05, 4.69) is 9.71 Å². The van der Waals surface area contributed by atoms with Gasteiger partial charge < -0.3 is 14.3 Å². The number of hydrogen-bond acceptors (Lipinski definition) is 5. The molecule has 1 aromatic carbocycles. The third kappa shape index (κ3) is 3.94. The first-order valence-electron chi connectivity index (χ1n) is 7.71. The number of nitrogens with zero attached hydrogens (tertiary/aromatic N) is 2. The van der Waals surface area contributed by atoms with E-state index in [4.69, 9.17) is 4.42 Å². The number of thiazole rings is 1. The number of aromatic nitrogens is 1. The standard InChI is InChI=1S/C17H17N3O4S2/c1-12-3-6-14(7-4-12)26(22,23)19-17-20(9-10-25-17)11-13-5-8-15(24-13)16(21)18-2/h3-10H,11H2,1-2H3,(H,18,21). The molecule has 0 unspecified atom stereocenters. The van der Waals surface area contributed by atoms with E-state index < -0.39 is 10.0 Å². The van der Waals surface area contributed by atoms with E-state index in [-0.39, 0.29) is 23.1 Å². The van der Waals surface area contributed by atoms with Crippen molar-refractivity contribution in [1.29, 1.82) is 0 Å². The predicted octanol–water partition coefficient (Wildman–Crippen LogP) is 2.15. The summed E-state index contributed by atoms with van der Waals surface area (Å²) < 4.78 is 36.1. The largest absolute Gasteiger partial charge is 0.454 e. The number of rotatable bonds is 5. The van der Waals surface area contributed by atoms with Gasteiger partial charge in [0, 0.05) is 18.6 Å². The second-order valence-corrected chi connectivity index (χ2v) is 8.02. The molecule has 0 fully saturated rings. The molecule has 9 heteroatoms. The van der Waals surface area contributed by atoms with Crippen LogP contribution in [0.15, 0.2) is 61.7 Å². The Morgan fingerprint density at radius 3 is 2.65 bits per heavy atom. The summed E-state index contributed by atoms with van der Waals surface area (Å²) in [7, 11) is -2.29. The third-order valence-electron chi connectivity index (χ3n) is 3.62. The lowest BCUT2D eigenvalue weighted by molar-refractivity contribution is 0.0933. The van der Waals surface area contributed by atoms with E-state index in [1.54, 1.807) is 40.4 Å². The van der Waals surface area contributed by atoms with Gasteiger partial charge in [0.15, 0.2) is 5.76 Å². The molecule has 7 nitrogen and oxygen atoms in total. The molecule has 0 bridgehead atoms. The number of carbonyl (C=O) groups excluding carboxylic acids is 1. The summed E-state index contributed by atoms with van der Waals surface area (Å²) >= 11 is 1.21. The van der Waals surface area contributed by atoms with Crippen molar-refractivity contribution in [3.63, 3.8) is 0 Å². The van der Waals surface area contributed by atoms with Gasteiger partial charge >= 0.3 is 0 Å². The first kappa shape index (κ1) is 18.2. The molecule has 0 saturated heterocycles. The molecule has 0 aliphatic heterocycles. The van der Waals surface area contributed by atoms with E-state index in [1.165, 1.54) is 30.5 Å². The quantitative estimate of drug-likeness (QED) is 0.721. The predicted molar refractivity (Wildman–Crippen MR) is 97.4 cm³/mol. The molecule has 0 spiro atoms. The second kappa shape index (κ2) is 7.30. The van der Waals surface area contributed by atoms with Gasteiger partial charge in [-0.2, -0.15) is 8.42 Å². The highest BCUT2D eigenvalue weighted by Crippen LogP contribution is 2.13. The van der Waals surface area contributed by atoms with Crippen LogP contribution in [-0.2, 0) is 16.6 Å². The number of nitrogens with one attached hydrogen (secondary N) is 1. The first-order chi connectivity index (χ1) is 12.4. The lowest BCUT2D eigenvalue weighted by Crippen LogP contribution is -2.18. The van der Waals surface area contributed by atoms with Gasteiger partial charge in [-0.1, -0.05) is 17.7 Å². The van der Waals surface area contributed by atoms with E-state index in [0.717, 1.165) is 5.56 Å². The first-order valence-corrected chi connectivity index (χ1v) is 10.0.